The van der Waals surface area contributed by atoms with Gasteiger partial charge in [-0.1, -0.05) is 24.6 Å². The van der Waals surface area contributed by atoms with E-state index in [1.165, 1.54) is 12.5 Å². The van der Waals surface area contributed by atoms with E-state index in [9.17, 15) is 9.18 Å². The van der Waals surface area contributed by atoms with Crippen LogP contribution in [0.5, 0.6) is 0 Å². The van der Waals surface area contributed by atoms with Crippen LogP contribution in [-0.2, 0) is 10.2 Å². The van der Waals surface area contributed by atoms with Gasteiger partial charge in [0.15, 0.2) is 0 Å². The third-order valence-corrected chi connectivity index (χ3v) is 6.25. The minimum absolute atomic E-state index is 0. The molecule has 1 aromatic rings. The number of halogens is 2. The maximum Gasteiger partial charge on any atom is 0.231 e. The number of hydrogen-bond donors (Lipinski definition) is 2. The first-order valence-electron chi connectivity index (χ1n) is 8.92. The molecule has 2 unspecified atom stereocenters. The molecular formula is C19H26ClFN2O. The quantitative estimate of drug-likeness (QED) is 0.877. The zero-order chi connectivity index (χ0) is 16.0. The summed E-state index contributed by atoms with van der Waals surface area (Å²) in [7, 11) is 0. The second-order valence-corrected chi connectivity index (χ2v) is 7.74. The van der Waals surface area contributed by atoms with Crippen LogP contribution in [0.1, 0.15) is 50.5 Å². The smallest absolute Gasteiger partial charge is 0.231 e. The normalized spacial score (nSPS) is 33.2. The molecule has 24 heavy (non-hydrogen) atoms. The molecule has 1 aromatic carbocycles. The summed E-state index contributed by atoms with van der Waals surface area (Å²) in [5, 5.41) is 3.31. The summed E-state index contributed by atoms with van der Waals surface area (Å²) in [6.45, 7) is 0. The van der Waals surface area contributed by atoms with Crippen molar-refractivity contribution >= 4 is 18.3 Å². The maximum absolute atomic E-state index is 14.1. The number of nitrogens with two attached hydrogens (primary N) is 1. The minimum atomic E-state index is -0.626. The monoisotopic (exact) mass is 352 g/mol. The molecule has 3 fully saturated rings. The molecule has 0 aromatic heterocycles. The van der Waals surface area contributed by atoms with Gasteiger partial charge in [0.1, 0.15) is 5.82 Å². The Morgan fingerprint density at radius 1 is 1.17 bits per heavy atom. The van der Waals surface area contributed by atoms with Gasteiger partial charge in [0.05, 0.1) is 5.41 Å². The Morgan fingerprint density at radius 2 is 1.79 bits per heavy atom. The van der Waals surface area contributed by atoms with Crippen LogP contribution < -0.4 is 11.1 Å². The molecule has 3 aliphatic rings. The molecule has 1 amide bonds. The standard InChI is InChI=1S/C19H25FN2O.ClH/c20-16-7-2-1-6-15(16)19(8-9-19)18(23)22-17-12-4-3-5-13(17)11-14(21)10-12;/h1-2,6-7,12-14,17H,3-5,8-11,21H2,(H,22,23);1H. The highest BCUT2D eigenvalue weighted by Crippen LogP contribution is 2.50. The van der Waals surface area contributed by atoms with E-state index in [1.54, 1.807) is 12.1 Å². The lowest BCUT2D eigenvalue weighted by Crippen LogP contribution is -2.55. The zero-order valence-corrected chi connectivity index (χ0v) is 14.7. The van der Waals surface area contributed by atoms with Crippen LogP contribution in [0.15, 0.2) is 24.3 Å². The average molecular weight is 353 g/mol. The average Bonchev–Trinajstić information content (AvgIpc) is 3.30. The Labute approximate surface area is 149 Å². The molecule has 132 valence electrons. The summed E-state index contributed by atoms with van der Waals surface area (Å²) in [5.41, 5.74) is 6.10. The lowest BCUT2D eigenvalue weighted by Gasteiger charge is -2.45. The van der Waals surface area contributed by atoms with Crippen molar-refractivity contribution in [3.8, 4) is 0 Å². The van der Waals surface area contributed by atoms with Crippen LogP contribution in [0, 0.1) is 17.7 Å². The lowest BCUT2D eigenvalue weighted by molar-refractivity contribution is -0.126. The van der Waals surface area contributed by atoms with Crippen molar-refractivity contribution in [2.24, 2.45) is 17.6 Å². The number of hydrogen-bond acceptors (Lipinski definition) is 2. The fourth-order valence-corrected chi connectivity index (χ4v) is 4.91. The summed E-state index contributed by atoms with van der Waals surface area (Å²) in [4.78, 5) is 13.0. The van der Waals surface area contributed by atoms with Gasteiger partial charge in [-0.15, -0.1) is 12.4 Å². The van der Waals surface area contributed by atoms with Crippen LogP contribution in [0.4, 0.5) is 4.39 Å². The summed E-state index contributed by atoms with van der Waals surface area (Å²) in [6.07, 6.45) is 7.07. The third kappa shape index (κ3) is 2.95. The van der Waals surface area contributed by atoms with E-state index in [2.05, 4.69) is 5.32 Å². The van der Waals surface area contributed by atoms with Gasteiger partial charge in [0, 0.05) is 17.6 Å². The van der Waals surface area contributed by atoms with E-state index in [4.69, 9.17) is 5.73 Å². The van der Waals surface area contributed by atoms with Gasteiger partial charge >= 0.3 is 0 Å². The van der Waals surface area contributed by atoms with Crippen molar-refractivity contribution in [1.29, 1.82) is 0 Å². The molecule has 3 aliphatic carbocycles. The van der Waals surface area contributed by atoms with Gasteiger partial charge in [-0.25, -0.2) is 4.39 Å². The largest absolute Gasteiger partial charge is 0.352 e. The molecule has 4 rings (SSSR count). The summed E-state index contributed by atoms with van der Waals surface area (Å²) in [6, 6.07) is 7.23. The summed E-state index contributed by atoms with van der Waals surface area (Å²) < 4.78 is 14.1. The Balaban J connectivity index is 0.00000169. The molecule has 0 aliphatic heterocycles. The first kappa shape index (κ1) is 17.7. The lowest BCUT2D eigenvalue weighted by atomic mass is 9.67. The fraction of sp³-hybridized carbons (Fsp3) is 0.632. The Kier molecular flexibility index (Phi) is 4.89. The second-order valence-electron chi connectivity index (χ2n) is 7.74. The highest BCUT2D eigenvalue weighted by molar-refractivity contribution is 5.91. The molecule has 3 saturated carbocycles. The van der Waals surface area contributed by atoms with E-state index in [-0.39, 0.29) is 36.2 Å². The molecule has 0 heterocycles. The van der Waals surface area contributed by atoms with Crippen LogP contribution in [0.25, 0.3) is 0 Å². The maximum atomic E-state index is 14.1. The van der Waals surface area contributed by atoms with Gasteiger partial charge < -0.3 is 11.1 Å². The van der Waals surface area contributed by atoms with Crippen LogP contribution in [0.2, 0.25) is 0 Å². The number of rotatable bonds is 3. The second kappa shape index (κ2) is 6.64. The first-order valence-corrected chi connectivity index (χ1v) is 8.92. The Bertz CT molecular complexity index is 605. The minimum Gasteiger partial charge on any atom is -0.352 e. The van der Waals surface area contributed by atoms with E-state index < -0.39 is 5.41 Å². The molecule has 0 saturated heterocycles. The predicted octanol–water partition coefficient (Wildman–Crippen LogP) is 3.30. The molecule has 3 N–H and O–H groups in total. The van der Waals surface area contributed by atoms with Gasteiger partial charge in [-0.05, 0) is 56.4 Å². The van der Waals surface area contributed by atoms with Gasteiger partial charge in [-0.2, -0.15) is 0 Å². The van der Waals surface area contributed by atoms with Gasteiger partial charge in [0.2, 0.25) is 5.91 Å². The number of benzene rings is 1. The van der Waals surface area contributed by atoms with E-state index >= 15 is 0 Å². The molecule has 3 nitrogen and oxygen atoms in total. The van der Waals surface area contributed by atoms with Gasteiger partial charge in [0.25, 0.3) is 0 Å². The topological polar surface area (TPSA) is 55.1 Å². The van der Waals surface area contributed by atoms with E-state index in [0.717, 1.165) is 38.5 Å². The van der Waals surface area contributed by atoms with E-state index in [1.807, 2.05) is 6.07 Å². The van der Waals surface area contributed by atoms with Crippen LogP contribution >= 0.6 is 12.4 Å². The van der Waals surface area contributed by atoms with Crippen molar-refractivity contribution < 1.29 is 9.18 Å². The number of carbonyl (C=O) groups is 1. The van der Waals surface area contributed by atoms with Crippen molar-refractivity contribution in [3.63, 3.8) is 0 Å². The van der Waals surface area contributed by atoms with Crippen LogP contribution in [0.3, 0.4) is 0 Å². The SMILES string of the molecule is Cl.NC1CC2CCCC(C1)C2NC(=O)C1(c2ccccc2F)CC1. The Morgan fingerprint density at radius 3 is 2.38 bits per heavy atom. The van der Waals surface area contributed by atoms with Crippen molar-refractivity contribution in [1.82, 2.24) is 5.32 Å². The molecule has 2 atom stereocenters. The number of fused-ring (bicyclic) bond motifs is 2. The molecule has 0 radical (unpaired) electrons. The summed E-state index contributed by atoms with van der Waals surface area (Å²) in [5.74, 6) is 0.765. The third-order valence-electron chi connectivity index (χ3n) is 6.25. The number of nitrogens with one attached hydrogen (secondary N) is 1. The zero-order valence-electron chi connectivity index (χ0n) is 13.8. The predicted molar refractivity (Wildman–Crippen MR) is 94.5 cm³/mol. The molecule has 0 spiro atoms. The van der Waals surface area contributed by atoms with E-state index in [0.29, 0.717) is 17.4 Å². The molecular weight excluding hydrogens is 327 g/mol. The van der Waals surface area contributed by atoms with Crippen molar-refractivity contribution in [3.05, 3.63) is 35.6 Å². The highest BCUT2D eigenvalue weighted by atomic mass is 35.5. The number of amides is 1. The Hall–Kier alpha value is -1.13. The summed E-state index contributed by atoms with van der Waals surface area (Å²) >= 11 is 0. The molecule has 5 heteroatoms. The fourth-order valence-electron chi connectivity index (χ4n) is 4.91. The van der Waals surface area contributed by atoms with Crippen molar-refractivity contribution in [2.45, 2.75) is 62.4 Å². The van der Waals surface area contributed by atoms with Crippen LogP contribution in [-0.4, -0.2) is 18.0 Å². The number of carbonyl (C=O) groups excluding carboxylic acids is 1. The molecule has 2 bridgehead atoms. The van der Waals surface area contributed by atoms with Gasteiger partial charge in [-0.3, -0.25) is 4.79 Å². The first-order chi connectivity index (χ1) is 11.1. The highest BCUT2D eigenvalue weighted by Gasteiger charge is 2.54. The van der Waals surface area contributed by atoms with Crippen molar-refractivity contribution in [2.75, 3.05) is 0 Å².